The number of furan rings is 1. The van der Waals surface area contributed by atoms with E-state index in [9.17, 15) is 0 Å². The molecular weight excluding hydrogens is 795 g/mol. The van der Waals surface area contributed by atoms with Crippen molar-refractivity contribution in [3.8, 4) is 45.5 Å². The first-order valence-corrected chi connectivity index (χ1v) is 21.9. The highest BCUT2D eigenvalue weighted by atomic mass is 16.3. The van der Waals surface area contributed by atoms with Gasteiger partial charge in [0.15, 0.2) is 11.6 Å². The smallest absolute Gasteiger partial charge is 0.238 e. The van der Waals surface area contributed by atoms with Crippen molar-refractivity contribution in [2.45, 2.75) is 0 Å². The molecule has 0 aliphatic heterocycles. The monoisotopic (exact) mass is 829 g/mol. The first-order chi connectivity index (χ1) is 32.2. The van der Waals surface area contributed by atoms with Crippen LogP contribution in [0.5, 0.6) is 0 Å². The van der Waals surface area contributed by atoms with Gasteiger partial charge in [-0.2, -0.15) is 9.97 Å². The minimum Gasteiger partial charge on any atom is -0.456 e. The van der Waals surface area contributed by atoms with E-state index < -0.39 is 0 Å². The van der Waals surface area contributed by atoms with Crippen molar-refractivity contribution in [1.29, 1.82) is 0 Å². The molecule has 6 nitrogen and oxygen atoms in total. The van der Waals surface area contributed by atoms with Crippen molar-refractivity contribution in [3.05, 3.63) is 212 Å². The number of hydrogen-bond acceptors (Lipinski definition) is 4. The lowest BCUT2D eigenvalue weighted by molar-refractivity contribution is 0.669. The average molecular weight is 830 g/mol. The standard InChI is InChI=1S/C59H35N5O/c1-3-15-38(16-4-1)57-60-58(41-23-28-46-54(35-41)65-53-32-27-37-14-8-10-20-44(37)56(46)53)62-59(61-57)64-51-30-26-40(34-48(51)55-43-19-9-7-13-36(43)24-31-52(55)64)39-25-29-50-47(33-39)45-21-11-12-22-49(45)63(50)42-17-5-2-6-18-42/h1-35H. The van der Waals surface area contributed by atoms with E-state index in [4.69, 9.17) is 19.4 Å². The minimum absolute atomic E-state index is 0.544. The van der Waals surface area contributed by atoms with Gasteiger partial charge in [0.05, 0.1) is 22.1 Å². The highest BCUT2D eigenvalue weighted by Gasteiger charge is 2.22. The summed E-state index contributed by atoms with van der Waals surface area (Å²) in [6, 6.07) is 75.1. The maximum atomic E-state index is 6.53. The zero-order valence-electron chi connectivity index (χ0n) is 34.9. The van der Waals surface area contributed by atoms with E-state index in [1.165, 1.54) is 43.4 Å². The Morgan fingerprint density at radius 3 is 1.65 bits per heavy atom. The van der Waals surface area contributed by atoms with Crippen molar-refractivity contribution in [3.63, 3.8) is 0 Å². The second-order valence-corrected chi connectivity index (χ2v) is 16.8. The Balaban J connectivity index is 0.988. The topological polar surface area (TPSA) is 61.7 Å². The molecule has 10 aromatic carbocycles. The summed E-state index contributed by atoms with van der Waals surface area (Å²) in [7, 11) is 0. The van der Waals surface area contributed by atoms with E-state index in [1.54, 1.807) is 0 Å². The Labute approximate surface area is 371 Å². The van der Waals surface area contributed by atoms with E-state index in [-0.39, 0.29) is 0 Å². The molecule has 0 atom stereocenters. The maximum Gasteiger partial charge on any atom is 0.238 e. The van der Waals surface area contributed by atoms with Crippen LogP contribution in [0.2, 0.25) is 0 Å². The largest absolute Gasteiger partial charge is 0.456 e. The molecule has 0 unspecified atom stereocenters. The number of fused-ring (bicyclic) bond motifs is 13. The molecule has 0 bridgehead atoms. The summed E-state index contributed by atoms with van der Waals surface area (Å²) in [4.78, 5) is 15.7. The molecule has 0 aliphatic rings. The fourth-order valence-electron chi connectivity index (χ4n) is 10.2. The van der Waals surface area contributed by atoms with Crippen molar-refractivity contribution < 1.29 is 4.42 Å². The summed E-state index contributed by atoms with van der Waals surface area (Å²) < 4.78 is 11.1. The van der Waals surface area contributed by atoms with E-state index in [2.05, 4.69) is 203 Å². The van der Waals surface area contributed by atoms with Crippen LogP contribution in [0.1, 0.15) is 0 Å². The quantitative estimate of drug-likeness (QED) is 0.173. The van der Waals surface area contributed by atoms with Gasteiger partial charge in [-0.05, 0) is 99.4 Å². The van der Waals surface area contributed by atoms with Crippen molar-refractivity contribution in [2.75, 3.05) is 0 Å². The van der Waals surface area contributed by atoms with Crippen LogP contribution < -0.4 is 0 Å². The lowest BCUT2D eigenvalue weighted by atomic mass is 9.99. The highest BCUT2D eigenvalue weighted by molar-refractivity contribution is 6.22. The Hall–Kier alpha value is -8.87. The normalized spacial score (nSPS) is 12.0. The van der Waals surface area contributed by atoms with Crippen LogP contribution in [-0.4, -0.2) is 24.1 Å². The van der Waals surface area contributed by atoms with Gasteiger partial charge in [0.2, 0.25) is 5.95 Å². The average Bonchev–Trinajstić information content (AvgIpc) is 4.04. The van der Waals surface area contributed by atoms with Crippen LogP contribution >= 0.6 is 0 Å². The van der Waals surface area contributed by atoms with Crippen LogP contribution in [0.15, 0.2) is 217 Å². The molecule has 0 aliphatic carbocycles. The predicted octanol–water partition coefficient (Wildman–Crippen LogP) is 15.3. The van der Waals surface area contributed by atoms with Crippen LogP contribution in [0, 0.1) is 0 Å². The van der Waals surface area contributed by atoms with E-state index >= 15 is 0 Å². The van der Waals surface area contributed by atoms with Crippen molar-refractivity contribution >= 4 is 87.1 Å². The number of rotatable bonds is 5. The highest BCUT2D eigenvalue weighted by Crippen LogP contribution is 2.41. The number of para-hydroxylation sites is 2. The fourth-order valence-corrected chi connectivity index (χ4v) is 10.2. The van der Waals surface area contributed by atoms with E-state index in [0.29, 0.717) is 17.6 Å². The Morgan fingerprint density at radius 1 is 0.308 bits per heavy atom. The van der Waals surface area contributed by atoms with Crippen LogP contribution in [0.3, 0.4) is 0 Å². The molecule has 0 fully saturated rings. The molecule has 4 aromatic heterocycles. The summed E-state index contributed by atoms with van der Waals surface area (Å²) in [5.41, 5.74) is 11.2. The maximum absolute atomic E-state index is 6.53. The van der Waals surface area contributed by atoms with E-state index in [0.717, 1.165) is 71.7 Å². The third-order valence-corrected chi connectivity index (χ3v) is 13.2. The lowest BCUT2D eigenvalue weighted by Crippen LogP contribution is -2.06. The summed E-state index contributed by atoms with van der Waals surface area (Å²) >= 11 is 0. The molecule has 14 aromatic rings. The second-order valence-electron chi connectivity index (χ2n) is 16.8. The van der Waals surface area contributed by atoms with Gasteiger partial charge in [-0.3, -0.25) is 4.57 Å². The van der Waals surface area contributed by atoms with Gasteiger partial charge in [-0.15, -0.1) is 0 Å². The molecule has 0 radical (unpaired) electrons. The van der Waals surface area contributed by atoms with Gasteiger partial charge in [-0.25, -0.2) is 4.98 Å². The lowest BCUT2D eigenvalue weighted by Gasteiger charge is -2.11. The SMILES string of the molecule is c1ccc(-c2nc(-c3ccc4c(c3)oc3ccc5ccccc5c34)nc(-n3c4ccc(-c5ccc6c(c5)c5ccccc5n6-c5ccccc5)cc4c4c5ccccc5ccc43)n2)cc1. The second kappa shape index (κ2) is 13.8. The Bertz CT molecular complexity index is 4240. The van der Waals surface area contributed by atoms with Crippen molar-refractivity contribution in [2.24, 2.45) is 0 Å². The Morgan fingerprint density at radius 2 is 0.877 bits per heavy atom. The molecule has 14 rings (SSSR count). The number of benzene rings is 10. The van der Waals surface area contributed by atoms with Gasteiger partial charge in [0, 0.05) is 49.1 Å². The fraction of sp³-hybridized carbons (Fsp3) is 0. The number of hydrogen-bond donors (Lipinski definition) is 0. The first kappa shape index (κ1) is 35.7. The van der Waals surface area contributed by atoms with Gasteiger partial charge in [-0.1, -0.05) is 146 Å². The van der Waals surface area contributed by atoms with Gasteiger partial charge in [0.1, 0.15) is 11.2 Å². The van der Waals surface area contributed by atoms with Gasteiger partial charge >= 0.3 is 0 Å². The first-order valence-electron chi connectivity index (χ1n) is 21.9. The molecular formula is C59H35N5O. The number of aromatic nitrogens is 5. The number of nitrogens with zero attached hydrogens (tertiary/aromatic N) is 5. The summed E-state index contributed by atoms with van der Waals surface area (Å²) in [5.74, 6) is 1.70. The van der Waals surface area contributed by atoms with Crippen LogP contribution in [0.25, 0.3) is 133 Å². The van der Waals surface area contributed by atoms with Crippen LogP contribution in [-0.2, 0) is 0 Å². The molecule has 65 heavy (non-hydrogen) atoms. The van der Waals surface area contributed by atoms with E-state index in [1.807, 2.05) is 18.2 Å². The molecule has 0 spiro atoms. The van der Waals surface area contributed by atoms with Crippen molar-refractivity contribution in [1.82, 2.24) is 24.1 Å². The third-order valence-electron chi connectivity index (χ3n) is 13.2. The molecule has 302 valence electrons. The molecule has 0 saturated carbocycles. The summed E-state index contributed by atoms with van der Waals surface area (Å²) in [6.45, 7) is 0. The zero-order chi connectivity index (χ0) is 42.6. The van der Waals surface area contributed by atoms with Crippen LogP contribution in [0.4, 0.5) is 0 Å². The van der Waals surface area contributed by atoms with Gasteiger partial charge in [0.25, 0.3) is 0 Å². The molecule has 6 heteroatoms. The minimum atomic E-state index is 0.544. The zero-order valence-corrected chi connectivity index (χ0v) is 34.9. The molecule has 0 amide bonds. The van der Waals surface area contributed by atoms with Gasteiger partial charge < -0.3 is 8.98 Å². The summed E-state index contributed by atoms with van der Waals surface area (Å²) in [6.07, 6.45) is 0. The summed E-state index contributed by atoms with van der Waals surface area (Å²) in [5, 5.41) is 11.6. The Kier molecular flexibility index (Phi) is 7.59. The predicted molar refractivity (Wildman–Crippen MR) is 267 cm³/mol. The molecule has 4 heterocycles. The third kappa shape index (κ3) is 5.44. The molecule has 0 N–H and O–H groups in total. The molecule has 0 saturated heterocycles.